The van der Waals surface area contributed by atoms with E-state index in [2.05, 4.69) is 40.7 Å². The molecule has 2 unspecified atom stereocenters. The van der Waals surface area contributed by atoms with E-state index in [1.807, 2.05) is 12.3 Å². The molecule has 1 aliphatic carbocycles. The minimum atomic E-state index is 0.592. The van der Waals surface area contributed by atoms with E-state index in [-0.39, 0.29) is 0 Å². The van der Waals surface area contributed by atoms with Gasteiger partial charge in [0, 0.05) is 12.2 Å². The van der Waals surface area contributed by atoms with Crippen molar-refractivity contribution in [2.24, 2.45) is 5.92 Å². The Balaban J connectivity index is 2.12. The van der Waals surface area contributed by atoms with Gasteiger partial charge in [-0.25, -0.2) is 0 Å². The van der Waals surface area contributed by atoms with Gasteiger partial charge in [0.1, 0.15) is 0 Å². The van der Waals surface area contributed by atoms with Crippen LogP contribution in [-0.2, 0) is 0 Å². The summed E-state index contributed by atoms with van der Waals surface area (Å²) in [5.41, 5.74) is 2.44. The van der Waals surface area contributed by atoms with E-state index in [1.165, 1.54) is 17.7 Å². The van der Waals surface area contributed by atoms with Crippen molar-refractivity contribution >= 4 is 12.2 Å². The fourth-order valence-corrected chi connectivity index (χ4v) is 2.49. The third kappa shape index (κ3) is 1.52. The summed E-state index contributed by atoms with van der Waals surface area (Å²) in [7, 11) is 0. The summed E-state index contributed by atoms with van der Waals surface area (Å²) in [6.07, 6.45) is 3.26. The van der Waals surface area contributed by atoms with E-state index >= 15 is 0 Å². The monoisotopic (exact) mass is 230 g/mol. The molecule has 0 aliphatic heterocycles. The van der Waals surface area contributed by atoms with Crippen molar-refractivity contribution in [3.05, 3.63) is 41.3 Å². The van der Waals surface area contributed by atoms with Crippen LogP contribution in [0, 0.1) is 10.7 Å². The second-order valence-corrected chi connectivity index (χ2v) is 4.88. The highest BCUT2D eigenvalue weighted by atomic mass is 32.1. The van der Waals surface area contributed by atoms with Gasteiger partial charge in [0.05, 0.1) is 5.69 Å². The van der Waals surface area contributed by atoms with Crippen LogP contribution in [0.15, 0.2) is 36.5 Å². The van der Waals surface area contributed by atoms with Gasteiger partial charge in [-0.3, -0.25) is 0 Å². The molecule has 0 radical (unpaired) electrons. The van der Waals surface area contributed by atoms with Crippen molar-refractivity contribution in [1.82, 2.24) is 9.55 Å². The summed E-state index contributed by atoms with van der Waals surface area (Å²) in [5, 5.41) is 0. The van der Waals surface area contributed by atoms with E-state index in [4.69, 9.17) is 12.2 Å². The number of nitrogens with one attached hydrogen (secondary N) is 1. The number of benzene rings is 1. The molecule has 1 saturated carbocycles. The first-order valence-corrected chi connectivity index (χ1v) is 6.03. The maximum Gasteiger partial charge on any atom is 0.177 e. The molecule has 3 heteroatoms. The molecule has 82 valence electrons. The second-order valence-electron chi connectivity index (χ2n) is 4.50. The molecule has 2 nitrogen and oxygen atoms in total. The van der Waals surface area contributed by atoms with Gasteiger partial charge in [-0.15, -0.1) is 0 Å². The molecule has 0 amide bonds. The lowest BCUT2D eigenvalue weighted by Gasteiger charge is -2.07. The SMILES string of the molecule is CC1CC1n1c(-c2ccccc2)c[nH]c1=S. The molecule has 2 aromatic rings. The Morgan fingerprint density at radius 2 is 2.00 bits per heavy atom. The Morgan fingerprint density at radius 3 is 2.62 bits per heavy atom. The number of aromatic nitrogens is 2. The molecule has 1 N–H and O–H groups in total. The van der Waals surface area contributed by atoms with Crippen LogP contribution < -0.4 is 0 Å². The molecule has 0 bridgehead atoms. The van der Waals surface area contributed by atoms with Gasteiger partial charge in [0.25, 0.3) is 0 Å². The van der Waals surface area contributed by atoms with Crippen LogP contribution in [0.2, 0.25) is 0 Å². The van der Waals surface area contributed by atoms with E-state index in [1.54, 1.807) is 0 Å². The predicted octanol–water partition coefficient (Wildman–Crippen LogP) is 3.79. The average Bonchev–Trinajstić information content (AvgIpc) is 2.88. The summed E-state index contributed by atoms with van der Waals surface area (Å²) >= 11 is 5.35. The molecule has 3 rings (SSSR count). The molecule has 16 heavy (non-hydrogen) atoms. The number of aromatic amines is 1. The highest BCUT2D eigenvalue weighted by molar-refractivity contribution is 7.71. The molecule has 0 spiro atoms. The van der Waals surface area contributed by atoms with E-state index in [9.17, 15) is 0 Å². The third-order valence-electron chi connectivity index (χ3n) is 3.28. The molecular weight excluding hydrogens is 216 g/mol. The minimum absolute atomic E-state index is 0.592. The zero-order valence-corrected chi connectivity index (χ0v) is 10.00. The Kier molecular flexibility index (Phi) is 2.21. The smallest absolute Gasteiger partial charge is 0.177 e. The van der Waals surface area contributed by atoms with Crippen molar-refractivity contribution in [3.63, 3.8) is 0 Å². The Morgan fingerprint density at radius 1 is 1.31 bits per heavy atom. The summed E-state index contributed by atoms with van der Waals surface area (Å²) in [6.45, 7) is 2.27. The highest BCUT2D eigenvalue weighted by Gasteiger charge is 2.36. The van der Waals surface area contributed by atoms with Crippen LogP contribution in [-0.4, -0.2) is 9.55 Å². The van der Waals surface area contributed by atoms with Gasteiger partial charge in [0.2, 0.25) is 0 Å². The molecule has 1 aliphatic rings. The first-order valence-electron chi connectivity index (χ1n) is 5.62. The van der Waals surface area contributed by atoms with Crippen LogP contribution in [0.3, 0.4) is 0 Å². The summed E-state index contributed by atoms with van der Waals surface area (Å²) in [5.74, 6) is 0.755. The number of hydrogen-bond donors (Lipinski definition) is 1. The van der Waals surface area contributed by atoms with Gasteiger partial charge in [-0.05, 0) is 30.1 Å². The normalized spacial score (nSPS) is 23.3. The molecular formula is C13H14N2S. The lowest BCUT2D eigenvalue weighted by molar-refractivity contribution is 0.682. The van der Waals surface area contributed by atoms with Gasteiger partial charge in [-0.2, -0.15) is 0 Å². The first kappa shape index (κ1) is 9.85. The Labute approximate surface area is 99.9 Å². The molecule has 0 saturated heterocycles. The van der Waals surface area contributed by atoms with E-state index < -0.39 is 0 Å². The topological polar surface area (TPSA) is 20.7 Å². The summed E-state index contributed by atoms with van der Waals surface area (Å²) in [6, 6.07) is 11.0. The number of rotatable bonds is 2. The van der Waals surface area contributed by atoms with E-state index in [0.29, 0.717) is 6.04 Å². The van der Waals surface area contributed by atoms with Crippen LogP contribution in [0.25, 0.3) is 11.3 Å². The predicted molar refractivity (Wildman–Crippen MR) is 67.9 cm³/mol. The van der Waals surface area contributed by atoms with Gasteiger partial charge in [0.15, 0.2) is 4.77 Å². The summed E-state index contributed by atoms with van der Waals surface area (Å²) < 4.78 is 3.10. The van der Waals surface area contributed by atoms with Gasteiger partial charge >= 0.3 is 0 Å². The molecule has 1 fully saturated rings. The van der Waals surface area contributed by atoms with Crippen LogP contribution >= 0.6 is 12.2 Å². The lowest BCUT2D eigenvalue weighted by atomic mass is 10.2. The fourth-order valence-electron chi connectivity index (χ4n) is 2.20. The molecule has 1 aromatic heterocycles. The maximum absolute atomic E-state index is 5.35. The Hall–Kier alpha value is -1.35. The zero-order valence-electron chi connectivity index (χ0n) is 9.18. The largest absolute Gasteiger partial charge is 0.337 e. The van der Waals surface area contributed by atoms with Crippen LogP contribution in [0.4, 0.5) is 0 Å². The van der Waals surface area contributed by atoms with Gasteiger partial charge in [-0.1, -0.05) is 37.3 Å². The van der Waals surface area contributed by atoms with Crippen LogP contribution in [0.1, 0.15) is 19.4 Å². The first-order chi connectivity index (χ1) is 7.77. The van der Waals surface area contributed by atoms with Crippen LogP contribution in [0.5, 0.6) is 0 Å². The fraction of sp³-hybridized carbons (Fsp3) is 0.308. The third-order valence-corrected chi connectivity index (χ3v) is 3.59. The van der Waals surface area contributed by atoms with Crippen molar-refractivity contribution in [3.8, 4) is 11.3 Å². The maximum atomic E-state index is 5.35. The number of imidazole rings is 1. The number of H-pyrrole nitrogens is 1. The number of nitrogens with zero attached hydrogens (tertiary/aromatic N) is 1. The molecule has 2 atom stereocenters. The van der Waals surface area contributed by atoms with Crippen molar-refractivity contribution in [2.45, 2.75) is 19.4 Å². The Bertz CT molecular complexity index is 553. The van der Waals surface area contributed by atoms with Crippen molar-refractivity contribution in [1.29, 1.82) is 0 Å². The molecule has 1 heterocycles. The lowest BCUT2D eigenvalue weighted by Crippen LogP contribution is -1.98. The average molecular weight is 230 g/mol. The zero-order chi connectivity index (χ0) is 11.1. The second kappa shape index (κ2) is 3.59. The molecule has 1 aromatic carbocycles. The van der Waals surface area contributed by atoms with Gasteiger partial charge < -0.3 is 9.55 Å². The summed E-state index contributed by atoms with van der Waals surface area (Å²) in [4.78, 5) is 3.16. The van der Waals surface area contributed by atoms with E-state index in [0.717, 1.165) is 10.7 Å². The van der Waals surface area contributed by atoms with Crippen molar-refractivity contribution < 1.29 is 0 Å². The number of hydrogen-bond acceptors (Lipinski definition) is 1. The quantitative estimate of drug-likeness (QED) is 0.778. The van der Waals surface area contributed by atoms with Crippen molar-refractivity contribution in [2.75, 3.05) is 0 Å². The standard InChI is InChI=1S/C13H14N2S/c1-9-7-11(9)15-12(8-14-13(15)16)10-5-3-2-4-6-10/h2-6,8-9,11H,7H2,1H3,(H,14,16). The highest BCUT2D eigenvalue weighted by Crippen LogP contribution is 2.45. The minimum Gasteiger partial charge on any atom is -0.337 e.